The molecule has 1 unspecified atom stereocenters. The van der Waals surface area contributed by atoms with Crippen LogP contribution in [0.25, 0.3) is 0 Å². The molecule has 2 aromatic heterocycles. The van der Waals surface area contributed by atoms with Gasteiger partial charge in [-0.1, -0.05) is 0 Å². The third-order valence-electron chi connectivity index (χ3n) is 2.67. The van der Waals surface area contributed by atoms with Gasteiger partial charge in [0.2, 0.25) is 0 Å². The predicted octanol–water partition coefficient (Wildman–Crippen LogP) is 2.37. The first kappa shape index (κ1) is 11.7. The maximum Gasteiger partial charge on any atom is 0.0831 e. The van der Waals surface area contributed by atoms with Gasteiger partial charge in [-0.3, -0.25) is 9.97 Å². The molecule has 0 aliphatic rings. The van der Waals surface area contributed by atoms with Crippen molar-refractivity contribution in [2.45, 2.75) is 26.4 Å². The summed E-state index contributed by atoms with van der Waals surface area (Å²) < 4.78 is 0. The second kappa shape index (κ2) is 5.06. The first-order chi connectivity index (χ1) is 8.15. The summed E-state index contributed by atoms with van der Waals surface area (Å²) in [5.74, 6) is 0. The highest BCUT2D eigenvalue weighted by Gasteiger charge is 2.09. The molecule has 0 radical (unpaired) electrons. The van der Waals surface area contributed by atoms with E-state index < -0.39 is 6.10 Å². The summed E-state index contributed by atoms with van der Waals surface area (Å²) in [6.45, 7) is 3.88. The molecule has 3 heteroatoms. The first-order valence-electron chi connectivity index (χ1n) is 5.67. The second-order valence-electron chi connectivity index (χ2n) is 4.26. The van der Waals surface area contributed by atoms with Gasteiger partial charge in [-0.05, 0) is 49.2 Å². The molecule has 0 spiro atoms. The van der Waals surface area contributed by atoms with Crippen LogP contribution in [0.2, 0.25) is 0 Å². The van der Waals surface area contributed by atoms with Crippen LogP contribution >= 0.6 is 0 Å². The molecule has 0 aromatic carbocycles. The van der Waals surface area contributed by atoms with E-state index in [4.69, 9.17) is 0 Å². The van der Waals surface area contributed by atoms with Crippen molar-refractivity contribution in [1.29, 1.82) is 0 Å². The quantitative estimate of drug-likeness (QED) is 0.877. The van der Waals surface area contributed by atoms with Gasteiger partial charge in [-0.25, -0.2) is 0 Å². The van der Waals surface area contributed by atoms with Gasteiger partial charge >= 0.3 is 0 Å². The third-order valence-corrected chi connectivity index (χ3v) is 2.67. The Morgan fingerprint density at radius 1 is 1.12 bits per heavy atom. The Morgan fingerprint density at radius 2 is 1.71 bits per heavy atom. The molecular formula is C14H16N2O. The van der Waals surface area contributed by atoms with Gasteiger partial charge in [-0.2, -0.15) is 0 Å². The van der Waals surface area contributed by atoms with Crippen LogP contribution in [0.4, 0.5) is 0 Å². The molecule has 0 fully saturated rings. The average Bonchev–Trinajstić information content (AvgIpc) is 2.29. The normalized spacial score (nSPS) is 12.4. The zero-order valence-electron chi connectivity index (χ0n) is 10.1. The lowest BCUT2D eigenvalue weighted by Crippen LogP contribution is -2.03. The summed E-state index contributed by atoms with van der Waals surface area (Å²) in [4.78, 5) is 8.26. The summed E-state index contributed by atoms with van der Waals surface area (Å²) >= 11 is 0. The monoisotopic (exact) mass is 228 g/mol. The molecule has 2 rings (SSSR count). The zero-order chi connectivity index (χ0) is 12.3. The van der Waals surface area contributed by atoms with Crippen LogP contribution in [-0.2, 0) is 6.42 Å². The number of hydrogen-bond donors (Lipinski definition) is 1. The van der Waals surface area contributed by atoms with E-state index in [2.05, 4.69) is 9.97 Å². The molecule has 88 valence electrons. The van der Waals surface area contributed by atoms with Crippen molar-refractivity contribution in [3.8, 4) is 0 Å². The van der Waals surface area contributed by atoms with Crippen LogP contribution in [0.15, 0.2) is 36.7 Å². The fraction of sp³-hybridized carbons (Fsp3) is 0.286. The van der Waals surface area contributed by atoms with Crippen molar-refractivity contribution in [2.24, 2.45) is 0 Å². The van der Waals surface area contributed by atoms with Gasteiger partial charge in [0.15, 0.2) is 0 Å². The Morgan fingerprint density at radius 3 is 2.29 bits per heavy atom. The summed E-state index contributed by atoms with van der Waals surface area (Å²) in [5.41, 5.74) is 3.88. The Hall–Kier alpha value is -1.74. The van der Waals surface area contributed by atoms with Crippen LogP contribution in [0.1, 0.15) is 28.6 Å². The van der Waals surface area contributed by atoms with E-state index >= 15 is 0 Å². The fourth-order valence-corrected chi connectivity index (χ4v) is 1.92. The third kappa shape index (κ3) is 3.11. The molecule has 0 bridgehead atoms. The molecule has 0 saturated heterocycles. The second-order valence-corrected chi connectivity index (χ2v) is 4.26. The van der Waals surface area contributed by atoms with Gasteiger partial charge in [0.05, 0.1) is 6.10 Å². The standard InChI is InChI=1S/C14H16N2O/c1-10-7-13(8-11(2)16-10)14(17)9-12-3-5-15-6-4-12/h3-8,14,17H,9H2,1-2H3. The molecule has 0 aliphatic carbocycles. The average molecular weight is 228 g/mol. The van der Waals surface area contributed by atoms with Crippen molar-refractivity contribution < 1.29 is 5.11 Å². The number of aryl methyl sites for hydroxylation is 2. The Labute approximate surface area is 101 Å². The molecule has 2 heterocycles. The molecule has 3 nitrogen and oxygen atoms in total. The highest BCUT2D eigenvalue weighted by Crippen LogP contribution is 2.19. The summed E-state index contributed by atoms with van der Waals surface area (Å²) in [6.07, 6.45) is 3.60. The van der Waals surface area contributed by atoms with Gasteiger partial charge < -0.3 is 5.11 Å². The van der Waals surface area contributed by atoms with Gasteiger partial charge in [0, 0.05) is 30.2 Å². The number of nitrogens with zero attached hydrogens (tertiary/aromatic N) is 2. The molecule has 1 atom stereocenters. The van der Waals surface area contributed by atoms with E-state index in [9.17, 15) is 5.11 Å². The molecule has 0 amide bonds. The van der Waals surface area contributed by atoms with Crippen LogP contribution in [0.3, 0.4) is 0 Å². The molecule has 0 saturated carbocycles. The largest absolute Gasteiger partial charge is 0.388 e. The van der Waals surface area contributed by atoms with Gasteiger partial charge in [-0.15, -0.1) is 0 Å². The maximum absolute atomic E-state index is 10.2. The van der Waals surface area contributed by atoms with E-state index in [1.54, 1.807) is 12.4 Å². The fourth-order valence-electron chi connectivity index (χ4n) is 1.92. The van der Waals surface area contributed by atoms with E-state index in [1.807, 2.05) is 38.1 Å². The van der Waals surface area contributed by atoms with Crippen LogP contribution < -0.4 is 0 Å². The number of rotatable bonds is 3. The summed E-state index contributed by atoms with van der Waals surface area (Å²) in [6, 6.07) is 7.70. The van der Waals surface area contributed by atoms with Crippen molar-refractivity contribution in [3.63, 3.8) is 0 Å². The minimum atomic E-state index is -0.488. The van der Waals surface area contributed by atoms with E-state index in [1.165, 1.54) is 0 Å². The lowest BCUT2D eigenvalue weighted by Gasteiger charge is -2.12. The molecule has 17 heavy (non-hydrogen) atoms. The van der Waals surface area contributed by atoms with E-state index in [-0.39, 0.29) is 0 Å². The van der Waals surface area contributed by atoms with Crippen LogP contribution in [0.5, 0.6) is 0 Å². The van der Waals surface area contributed by atoms with Crippen LogP contribution in [-0.4, -0.2) is 15.1 Å². The molecule has 2 aromatic rings. The van der Waals surface area contributed by atoms with Gasteiger partial charge in [0.1, 0.15) is 0 Å². The van der Waals surface area contributed by atoms with E-state index in [0.717, 1.165) is 22.5 Å². The number of aromatic nitrogens is 2. The zero-order valence-corrected chi connectivity index (χ0v) is 10.1. The lowest BCUT2D eigenvalue weighted by atomic mass is 10.0. The van der Waals surface area contributed by atoms with Crippen LogP contribution in [0, 0.1) is 13.8 Å². The van der Waals surface area contributed by atoms with Gasteiger partial charge in [0.25, 0.3) is 0 Å². The van der Waals surface area contributed by atoms with Crippen molar-refractivity contribution in [1.82, 2.24) is 9.97 Å². The minimum absolute atomic E-state index is 0.488. The number of hydrogen-bond acceptors (Lipinski definition) is 3. The Kier molecular flexibility index (Phi) is 3.49. The number of pyridine rings is 2. The van der Waals surface area contributed by atoms with Crippen molar-refractivity contribution >= 4 is 0 Å². The Bertz CT molecular complexity index is 477. The highest BCUT2D eigenvalue weighted by molar-refractivity contribution is 5.24. The highest BCUT2D eigenvalue weighted by atomic mass is 16.3. The van der Waals surface area contributed by atoms with E-state index in [0.29, 0.717) is 6.42 Å². The lowest BCUT2D eigenvalue weighted by molar-refractivity contribution is 0.178. The van der Waals surface area contributed by atoms with Crippen molar-refractivity contribution in [3.05, 3.63) is 59.2 Å². The number of aliphatic hydroxyl groups excluding tert-OH is 1. The topological polar surface area (TPSA) is 46.0 Å². The first-order valence-corrected chi connectivity index (χ1v) is 5.67. The molecular weight excluding hydrogens is 212 g/mol. The minimum Gasteiger partial charge on any atom is -0.388 e. The smallest absolute Gasteiger partial charge is 0.0831 e. The molecule has 1 N–H and O–H groups in total. The maximum atomic E-state index is 10.2. The molecule has 0 aliphatic heterocycles. The Balaban J connectivity index is 2.17. The SMILES string of the molecule is Cc1cc(C(O)Cc2ccncc2)cc(C)n1. The number of aliphatic hydroxyl groups is 1. The van der Waals surface area contributed by atoms with Crippen molar-refractivity contribution in [2.75, 3.05) is 0 Å². The predicted molar refractivity (Wildman–Crippen MR) is 66.6 cm³/mol. The summed E-state index contributed by atoms with van der Waals surface area (Å²) in [5, 5.41) is 10.2. The summed E-state index contributed by atoms with van der Waals surface area (Å²) in [7, 11) is 0.